The van der Waals surface area contributed by atoms with Crippen LogP contribution in [0.1, 0.15) is 32.6 Å². The van der Waals surface area contributed by atoms with Crippen LogP contribution >= 0.6 is 0 Å². The van der Waals surface area contributed by atoms with Gasteiger partial charge in [0.2, 0.25) is 0 Å². The van der Waals surface area contributed by atoms with Crippen molar-refractivity contribution in [1.82, 2.24) is 0 Å². The van der Waals surface area contributed by atoms with Crippen LogP contribution < -0.4 is 30.6 Å². The quantitative estimate of drug-likeness (QED) is 0.193. The third-order valence-corrected chi connectivity index (χ3v) is 2.51. The van der Waals surface area contributed by atoms with Crippen molar-refractivity contribution in [3.8, 4) is 0 Å². The Labute approximate surface area is 196 Å². The number of carboxylic acid groups (broad SMARTS) is 7. The van der Waals surface area contributed by atoms with E-state index in [-0.39, 0.29) is 31.1 Å². The van der Waals surface area contributed by atoms with Gasteiger partial charge in [0, 0.05) is 87.6 Å². The summed E-state index contributed by atoms with van der Waals surface area (Å²) >= 11 is 0. The first-order valence-corrected chi connectivity index (χ1v) is 7.15. The molecular formula is C14H14O16U-6. The molecule has 0 saturated carbocycles. The Balaban J connectivity index is -0.000000195. The topological polar surface area (TPSA) is 319 Å². The fraction of sp³-hybridized carbons (Fsp3) is 0.500. The van der Waals surface area contributed by atoms with E-state index in [0.29, 0.717) is 0 Å². The average molecular weight is 676 g/mol. The molecule has 16 nitrogen and oxygen atoms in total. The van der Waals surface area contributed by atoms with E-state index in [4.69, 9.17) is 20.1 Å². The predicted molar refractivity (Wildman–Crippen MR) is 71.7 cm³/mol. The Kier molecular flexibility index (Phi) is 18.4. The normalized spacial score (nSPS) is 9.90. The molecule has 0 bridgehead atoms. The van der Waals surface area contributed by atoms with Crippen LogP contribution in [0.2, 0.25) is 0 Å². The molecule has 0 aromatic carbocycles. The van der Waals surface area contributed by atoms with Gasteiger partial charge >= 0.3 is 0 Å². The van der Waals surface area contributed by atoms with Gasteiger partial charge < -0.3 is 74.7 Å². The molecule has 0 atom stereocenters. The second-order valence-corrected chi connectivity index (χ2v) is 5.35. The maximum atomic E-state index is 10.1. The predicted octanol–water partition coefficient (Wildman–Crippen LogP) is -10.4. The maximum absolute atomic E-state index is 10.1. The molecule has 31 heavy (non-hydrogen) atoms. The Morgan fingerprint density at radius 2 is 0.710 bits per heavy atom. The largest absolute Gasteiger partial charge is 0.550 e. The first-order chi connectivity index (χ1) is 13.3. The van der Waals surface area contributed by atoms with E-state index in [1.807, 2.05) is 0 Å². The van der Waals surface area contributed by atoms with E-state index in [1.165, 1.54) is 0 Å². The summed E-state index contributed by atoms with van der Waals surface area (Å²) in [6.07, 6.45) is -5.43. The molecule has 17 heteroatoms. The first kappa shape index (κ1) is 35.7. The molecule has 0 unspecified atom stereocenters. The molecule has 3 N–H and O–H groups in total. The van der Waals surface area contributed by atoms with E-state index in [0.717, 1.165) is 6.92 Å². The number of aliphatic hydroxyl groups is 2. The van der Waals surface area contributed by atoms with Crippen LogP contribution in [0.3, 0.4) is 0 Å². The fourth-order valence-electron chi connectivity index (χ4n) is 1.37. The zero-order chi connectivity index (χ0) is 24.9. The van der Waals surface area contributed by atoms with Crippen molar-refractivity contribution < 1.29 is 111 Å². The van der Waals surface area contributed by atoms with Gasteiger partial charge in [0.25, 0.3) is 5.97 Å². The SMILES string of the molecule is CC(=O)O.O=C([O-])CC(O)(CC(=O)[O-])C(=O)[O-].O=C([O-])CC(O)(CC(=O)[O-])C(=O)[O-].[U]. The van der Waals surface area contributed by atoms with Crippen molar-refractivity contribution in [1.29, 1.82) is 0 Å². The number of hydrogen-bond donors (Lipinski definition) is 3. The van der Waals surface area contributed by atoms with Gasteiger partial charge in [0.05, 0.1) is 11.9 Å². The van der Waals surface area contributed by atoms with Crippen LogP contribution in [0.25, 0.3) is 0 Å². The van der Waals surface area contributed by atoms with Gasteiger partial charge in [-0.25, -0.2) is 0 Å². The van der Waals surface area contributed by atoms with Gasteiger partial charge in [-0.05, 0) is 0 Å². The molecule has 0 fully saturated rings. The molecule has 176 valence electrons. The second-order valence-electron chi connectivity index (χ2n) is 5.35. The van der Waals surface area contributed by atoms with Gasteiger partial charge in [0.1, 0.15) is 11.2 Å². The summed E-state index contributed by atoms with van der Waals surface area (Å²) in [6.45, 7) is 1.08. The van der Waals surface area contributed by atoms with E-state index < -0.39 is 78.7 Å². The van der Waals surface area contributed by atoms with Gasteiger partial charge in [0.15, 0.2) is 0 Å². The second kappa shape index (κ2) is 16.0. The molecule has 0 heterocycles. The fourth-order valence-corrected chi connectivity index (χ4v) is 1.37. The van der Waals surface area contributed by atoms with Gasteiger partial charge in [-0.1, -0.05) is 0 Å². The number of carbonyl (C=O) groups is 7. The zero-order valence-corrected chi connectivity index (χ0v) is 19.6. The Morgan fingerprint density at radius 1 is 0.581 bits per heavy atom. The van der Waals surface area contributed by atoms with Crippen LogP contribution in [0.5, 0.6) is 0 Å². The zero-order valence-electron chi connectivity index (χ0n) is 15.5. The van der Waals surface area contributed by atoms with E-state index >= 15 is 0 Å². The van der Waals surface area contributed by atoms with Crippen LogP contribution in [-0.4, -0.2) is 68.3 Å². The summed E-state index contributed by atoms with van der Waals surface area (Å²) in [5.74, 6) is -12.8. The molecule has 0 aliphatic rings. The number of carboxylic acids is 7. The molecule has 0 rings (SSSR count). The van der Waals surface area contributed by atoms with Crippen LogP contribution in [0.4, 0.5) is 0 Å². The molecule has 0 saturated heterocycles. The Hall–Kier alpha value is -2.74. The average Bonchev–Trinajstić information content (AvgIpc) is 2.43. The smallest absolute Gasteiger partial charge is 0.300 e. The molecule has 0 aromatic heterocycles. The van der Waals surface area contributed by atoms with Gasteiger partial charge in [-0.3, -0.25) is 4.79 Å². The standard InChI is InChI=1S/2C6H8O7.C2H4O2.U/c2*7-3(8)1-6(13,5(11)12)2-4(9)10;1-2(3)4;/h2*13H,1-2H2,(H,7,8)(H,9,10)(H,11,12);1H3,(H,3,4);/p-6. The summed E-state index contributed by atoms with van der Waals surface area (Å²) in [5.41, 5.74) is -5.95. The Morgan fingerprint density at radius 3 is 0.774 bits per heavy atom. The molecular weight excluding hydrogens is 662 g/mol. The van der Waals surface area contributed by atoms with E-state index in [1.54, 1.807) is 0 Å². The van der Waals surface area contributed by atoms with Crippen molar-refractivity contribution >= 4 is 41.8 Å². The van der Waals surface area contributed by atoms with Gasteiger partial charge in [-0.15, -0.1) is 0 Å². The minimum atomic E-state index is -2.97. The summed E-state index contributed by atoms with van der Waals surface area (Å²) in [5, 5.41) is 85.3. The molecule has 0 amide bonds. The monoisotopic (exact) mass is 676 g/mol. The van der Waals surface area contributed by atoms with Crippen molar-refractivity contribution in [2.75, 3.05) is 0 Å². The van der Waals surface area contributed by atoms with Crippen molar-refractivity contribution in [2.45, 2.75) is 43.8 Å². The van der Waals surface area contributed by atoms with Crippen LogP contribution in [0.15, 0.2) is 0 Å². The molecule has 0 aliphatic heterocycles. The summed E-state index contributed by atoms with van der Waals surface area (Å²) < 4.78 is 0. The Bertz CT molecular complexity index is 596. The van der Waals surface area contributed by atoms with Crippen molar-refractivity contribution in [3.05, 3.63) is 0 Å². The van der Waals surface area contributed by atoms with E-state index in [2.05, 4.69) is 0 Å². The summed E-state index contributed by atoms with van der Waals surface area (Å²) in [6, 6.07) is 0. The molecule has 0 aromatic rings. The number of rotatable bonds is 10. The summed E-state index contributed by atoms with van der Waals surface area (Å²) in [7, 11) is 0. The minimum Gasteiger partial charge on any atom is -0.550 e. The number of hydrogen-bond acceptors (Lipinski definition) is 15. The first-order valence-electron chi connectivity index (χ1n) is 7.15. The third-order valence-electron chi connectivity index (χ3n) is 2.51. The molecule has 0 aliphatic carbocycles. The van der Waals surface area contributed by atoms with Crippen molar-refractivity contribution in [3.63, 3.8) is 0 Å². The van der Waals surface area contributed by atoms with E-state index in [9.17, 15) is 59.4 Å². The maximum Gasteiger partial charge on any atom is 0.300 e. The van der Waals surface area contributed by atoms with Crippen LogP contribution in [0, 0.1) is 31.1 Å². The van der Waals surface area contributed by atoms with Crippen LogP contribution in [-0.2, 0) is 33.6 Å². The van der Waals surface area contributed by atoms with Gasteiger partial charge in [-0.2, -0.15) is 0 Å². The summed E-state index contributed by atoms with van der Waals surface area (Å²) in [4.78, 5) is 69.0. The number of carbonyl (C=O) groups excluding carboxylic acids is 6. The number of aliphatic carboxylic acids is 7. The molecule has 0 spiro atoms. The minimum absolute atomic E-state index is 0. The van der Waals surface area contributed by atoms with Crippen molar-refractivity contribution in [2.24, 2.45) is 0 Å². The molecule has 0 radical (unpaired) electrons. The third kappa shape index (κ3) is 20.3.